The Morgan fingerprint density at radius 2 is 1.00 bits per heavy atom. The van der Waals surface area contributed by atoms with Crippen LogP contribution in [0.4, 0.5) is 11.4 Å². The second-order valence-electron chi connectivity index (χ2n) is 11.8. The first-order chi connectivity index (χ1) is 21.3. The number of nitrogens with one attached hydrogen (secondary N) is 4. The van der Waals surface area contributed by atoms with Crippen molar-refractivity contribution in [3.05, 3.63) is 59.7 Å². The van der Waals surface area contributed by atoms with Crippen LogP contribution in [0.1, 0.15) is 102 Å². The Bertz CT molecular complexity index is 1280. The van der Waals surface area contributed by atoms with Gasteiger partial charge in [-0.3, -0.25) is 19.2 Å². The van der Waals surface area contributed by atoms with Crippen LogP contribution in [-0.4, -0.2) is 35.1 Å². The first-order valence-electron chi connectivity index (χ1n) is 15.8. The van der Waals surface area contributed by atoms with E-state index >= 15 is 0 Å². The fourth-order valence-corrected chi connectivity index (χ4v) is 5.62. The number of hydrogen-bond donors (Lipinski definition) is 4. The van der Waals surface area contributed by atoms with Crippen molar-refractivity contribution in [2.75, 3.05) is 10.6 Å². The van der Waals surface area contributed by atoms with Gasteiger partial charge in [0.25, 0.3) is 0 Å². The summed E-state index contributed by atoms with van der Waals surface area (Å²) in [6.07, 6.45) is 10.3. The minimum absolute atomic E-state index is 0.0504. The van der Waals surface area contributed by atoms with Crippen LogP contribution >= 0.6 is 0 Å². The molecule has 2 saturated carbocycles. The maximum absolute atomic E-state index is 12.6. The molecular formula is C34H44N6O4. The van der Waals surface area contributed by atoms with E-state index in [0.717, 1.165) is 62.5 Å². The van der Waals surface area contributed by atoms with Gasteiger partial charge in [-0.1, -0.05) is 62.8 Å². The van der Waals surface area contributed by atoms with E-state index in [1.807, 2.05) is 48.5 Å². The van der Waals surface area contributed by atoms with E-state index in [0.29, 0.717) is 22.8 Å². The van der Waals surface area contributed by atoms with Crippen LogP contribution in [0.25, 0.3) is 0 Å². The van der Waals surface area contributed by atoms with Crippen LogP contribution in [-0.2, 0) is 19.2 Å². The molecule has 0 aromatic heterocycles. The van der Waals surface area contributed by atoms with Gasteiger partial charge in [-0.05, 0) is 74.9 Å². The molecule has 0 saturated heterocycles. The van der Waals surface area contributed by atoms with Crippen molar-refractivity contribution in [3.63, 3.8) is 0 Å². The molecule has 2 aromatic rings. The average molecular weight is 601 g/mol. The normalized spacial score (nSPS) is 16.6. The number of amides is 4. The fraction of sp³-hybridized carbons (Fsp3) is 0.471. The van der Waals surface area contributed by atoms with E-state index in [-0.39, 0.29) is 36.5 Å². The van der Waals surface area contributed by atoms with Crippen molar-refractivity contribution in [2.45, 2.75) is 90.9 Å². The molecule has 2 aromatic carbocycles. The molecule has 10 heteroatoms. The van der Waals surface area contributed by atoms with Crippen molar-refractivity contribution < 1.29 is 19.2 Å². The van der Waals surface area contributed by atoms with Crippen molar-refractivity contribution >= 4 is 46.4 Å². The molecule has 0 unspecified atom stereocenters. The van der Waals surface area contributed by atoms with Crippen LogP contribution in [0.2, 0.25) is 0 Å². The second kappa shape index (κ2) is 16.5. The summed E-state index contributed by atoms with van der Waals surface area (Å²) < 4.78 is 0. The Hall–Kier alpha value is -4.34. The van der Waals surface area contributed by atoms with Crippen LogP contribution in [0.3, 0.4) is 0 Å². The summed E-state index contributed by atoms with van der Waals surface area (Å²) in [7, 11) is 0. The lowest BCUT2D eigenvalue weighted by Crippen LogP contribution is -2.25. The Morgan fingerprint density at radius 3 is 1.39 bits per heavy atom. The topological polar surface area (TPSA) is 141 Å². The summed E-state index contributed by atoms with van der Waals surface area (Å²) in [6, 6.07) is 14.7. The summed E-state index contributed by atoms with van der Waals surface area (Å²) in [6.45, 7) is 3.53. The zero-order valence-electron chi connectivity index (χ0n) is 25.8. The number of rotatable bonds is 11. The van der Waals surface area contributed by atoms with Gasteiger partial charge in [0, 0.05) is 36.1 Å². The molecule has 2 aliphatic carbocycles. The zero-order chi connectivity index (χ0) is 31.3. The largest absolute Gasteiger partial charge is 0.326 e. The lowest BCUT2D eigenvalue weighted by Gasteiger charge is -2.20. The molecule has 0 aliphatic heterocycles. The predicted octanol–water partition coefficient (Wildman–Crippen LogP) is 5.89. The number of hydrazone groups is 2. The first kappa shape index (κ1) is 32.6. The van der Waals surface area contributed by atoms with Gasteiger partial charge in [-0.25, -0.2) is 10.9 Å². The highest BCUT2D eigenvalue weighted by molar-refractivity contribution is 6.02. The van der Waals surface area contributed by atoms with Crippen molar-refractivity contribution in [3.8, 4) is 0 Å². The highest BCUT2D eigenvalue weighted by Gasteiger charge is 2.22. The molecule has 0 spiro atoms. The standard InChI is InChI=1S/C34H44N6O4/c1-23(27-15-9-17-29(21-27)35-33(43)25-11-5-3-6-12-25)37-39-31(41)19-20-32(42)40-38-24(2)28-16-10-18-30(22-28)36-34(44)26-13-7-4-8-14-26/h9-10,15-18,21-22,25-26H,3-8,11-14,19-20H2,1-2H3,(H,35,43)(H,36,44)(H,39,41)(H,40,42). The third-order valence-corrected chi connectivity index (χ3v) is 8.32. The Balaban J connectivity index is 1.21. The number of nitrogens with zero attached hydrogens (tertiary/aromatic N) is 2. The Labute approximate surface area is 259 Å². The number of benzene rings is 2. The van der Waals surface area contributed by atoms with Crippen molar-refractivity contribution in [1.82, 2.24) is 10.9 Å². The Morgan fingerprint density at radius 1 is 0.614 bits per heavy atom. The maximum Gasteiger partial charge on any atom is 0.240 e. The number of carbonyl (C=O) groups is 4. The smallest absolute Gasteiger partial charge is 0.240 e. The van der Waals surface area contributed by atoms with E-state index in [9.17, 15) is 19.2 Å². The lowest BCUT2D eigenvalue weighted by molar-refractivity contribution is -0.126. The third kappa shape index (κ3) is 10.1. The quantitative estimate of drug-likeness (QED) is 0.189. The van der Waals surface area contributed by atoms with Crippen molar-refractivity contribution in [2.24, 2.45) is 22.0 Å². The van der Waals surface area contributed by atoms with Gasteiger partial charge in [0.2, 0.25) is 23.6 Å². The summed E-state index contributed by atoms with van der Waals surface area (Å²) in [5, 5.41) is 14.3. The van der Waals surface area contributed by atoms with E-state index in [1.54, 1.807) is 13.8 Å². The van der Waals surface area contributed by atoms with Crippen LogP contribution < -0.4 is 21.5 Å². The highest BCUT2D eigenvalue weighted by Crippen LogP contribution is 2.26. The molecule has 10 nitrogen and oxygen atoms in total. The fourth-order valence-electron chi connectivity index (χ4n) is 5.62. The van der Waals surface area contributed by atoms with E-state index < -0.39 is 11.8 Å². The van der Waals surface area contributed by atoms with Gasteiger partial charge in [-0.15, -0.1) is 0 Å². The minimum atomic E-state index is -0.400. The number of carbonyl (C=O) groups excluding carboxylic acids is 4. The number of anilines is 2. The highest BCUT2D eigenvalue weighted by atomic mass is 16.2. The van der Waals surface area contributed by atoms with Gasteiger partial charge in [-0.2, -0.15) is 10.2 Å². The van der Waals surface area contributed by atoms with Crippen LogP contribution in [0, 0.1) is 11.8 Å². The minimum Gasteiger partial charge on any atom is -0.326 e. The molecule has 2 aliphatic rings. The molecule has 2 fully saturated rings. The van der Waals surface area contributed by atoms with Gasteiger partial charge in [0.05, 0.1) is 11.4 Å². The predicted molar refractivity (Wildman–Crippen MR) is 173 cm³/mol. The van der Waals surface area contributed by atoms with Crippen LogP contribution in [0.15, 0.2) is 58.7 Å². The summed E-state index contributed by atoms with van der Waals surface area (Å²) >= 11 is 0. The molecule has 44 heavy (non-hydrogen) atoms. The molecule has 0 bridgehead atoms. The van der Waals surface area contributed by atoms with Gasteiger partial charge in [0.1, 0.15) is 0 Å². The van der Waals surface area contributed by atoms with Gasteiger partial charge < -0.3 is 10.6 Å². The van der Waals surface area contributed by atoms with Crippen molar-refractivity contribution in [1.29, 1.82) is 0 Å². The second-order valence-corrected chi connectivity index (χ2v) is 11.8. The SMILES string of the molecule is CC(=NNC(=O)CCC(=O)NN=C(C)c1cccc(NC(=O)C2CCCCC2)c1)c1cccc(NC(=O)C2CCCCC2)c1. The van der Waals surface area contributed by atoms with Gasteiger partial charge >= 0.3 is 0 Å². The van der Waals surface area contributed by atoms with E-state index in [2.05, 4.69) is 31.7 Å². The third-order valence-electron chi connectivity index (χ3n) is 8.32. The summed E-state index contributed by atoms with van der Waals surface area (Å²) in [5.41, 5.74) is 9.08. The monoisotopic (exact) mass is 600 g/mol. The van der Waals surface area contributed by atoms with E-state index in [4.69, 9.17) is 0 Å². The molecule has 4 N–H and O–H groups in total. The molecule has 0 atom stereocenters. The summed E-state index contributed by atoms with van der Waals surface area (Å²) in [4.78, 5) is 49.9. The Kier molecular flexibility index (Phi) is 12.2. The number of hydrogen-bond acceptors (Lipinski definition) is 6. The molecule has 0 heterocycles. The molecule has 4 amide bonds. The van der Waals surface area contributed by atoms with Gasteiger partial charge in [0.15, 0.2) is 0 Å². The molecular weight excluding hydrogens is 556 g/mol. The zero-order valence-corrected chi connectivity index (χ0v) is 25.8. The maximum atomic E-state index is 12.6. The molecule has 0 radical (unpaired) electrons. The average Bonchev–Trinajstić information content (AvgIpc) is 3.06. The van der Waals surface area contributed by atoms with E-state index in [1.165, 1.54) is 12.8 Å². The first-order valence-corrected chi connectivity index (χ1v) is 15.8. The lowest BCUT2D eigenvalue weighted by atomic mass is 9.88. The molecule has 4 rings (SSSR count). The summed E-state index contributed by atoms with van der Waals surface area (Å²) in [5.74, 6) is -0.579. The molecule has 234 valence electrons. The van der Waals surface area contributed by atoms with Crippen LogP contribution in [0.5, 0.6) is 0 Å².